The van der Waals surface area contributed by atoms with Gasteiger partial charge < -0.3 is 24.4 Å². The molecule has 2 N–H and O–H groups in total. The van der Waals surface area contributed by atoms with Gasteiger partial charge in [0.1, 0.15) is 12.6 Å². The normalized spacial score (nSPS) is 11.7. The maximum atomic E-state index is 11.8. The van der Waals surface area contributed by atoms with Crippen molar-refractivity contribution in [2.75, 3.05) is 14.2 Å². The minimum atomic E-state index is -1.26. The van der Waals surface area contributed by atoms with E-state index >= 15 is 0 Å². The molecule has 0 aromatic carbocycles. The van der Waals surface area contributed by atoms with Crippen LogP contribution < -0.4 is 5.32 Å². The van der Waals surface area contributed by atoms with Crippen molar-refractivity contribution in [3.63, 3.8) is 0 Å². The quantitative estimate of drug-likeness (QED) is 0.640. The van der Waals surface area contributed by atoms with Crippen molar-refractivity contribution in [2.24, 2.45) is 0 Å². The zero-order chi connectivity index (χ0) is 15.8. The Morgan fingerprint density at radius 3 is 2.71 bits per heavy atom. The second-order valence-electron chi connectivity index (χ2n) is 4.09. The molecule has 1 aromatic rings. The summed E-state index contributed by atoms with van der Waals surface area (Å²) in [4.78, 5) is 33.9. The molecule has 0 bridgehead atoms. The maximum Gasteiger partial charge on any atom is 0.326 e. The highest BCUT2D eigenvalue weighted by Gasteiger charge is 2.23. The van der Waals surface area contributed by atoms with Crippen molar-refractivity contribution in [1.29, 1.82) is 0 Å². The number of nitrogens with one attached hydrogen (secondary N) is 1. The first kappa shape index (κ1) is 16.6. The van der Waals surface area contributed by atoms with Gasteiger partial charge in [-0.15, -0.1) is 0 Å². The Balaban J connectivity index is 2.62. The lowest BCUT2D eigenvalue weighted by Crippen LogP contribution is -2.41. The van der Waals surface area contributed by atoms with E-state index in [0.29, 0.717) is 5.76 Å². The first-order chi connectivity index (χ1) is 9.97. The van der Waals surface area contributed by atoms with Crippen LogP contribution in [0.25, 0.3) is 0 Å². The summed E-state index contributed by atoms with van der Waals surface area (Å²) in [6.45, 7) is 0.144. The van der Waals surface area contributed by atoms with Gasteiger partial charge in [0.25, 0.3) is 5.91 Å². The highest BCUT2D eigenvalue weighted by molar-refractivity contribution is 5.95. The number of carbonyl (C=O) groups is 3. The first-order valence-electron chi connectivity index (χ1n) is 6.03. The number of carboxylic acid groups (broad SMARTS) is 1. The van der Waals surface area contributed by atoms with Gasteiger partial charge in [0.2, 0.25) is 0 Å². The minimum absolute atomic E-state index is 0.0635. The van der Waals surface area contributed by atoms with Gasteiger partial charge in [0, 0.05) is 19.6 Å². The number of amides is 1. The van der Waals surface area contributed by atoms with E-state index in [2.05, 4.69) is 15.2 Å². The van der Waals surface area contributed by atoms with E-state index in [9.17, 15) is 14.4 Å². The van der Waals surface area contributed by atoms with Crippen molar-refractivity contribution >= 4 is 17.8 Å². The molecule has 1 heterocycles. The Bertz CT molecular complexity index is 511. The summed E-state index contributed by atoms with van der Waals surface area (Å²) in [7, 11) is 2.65. The van der Waals surface area contributed by atoms with Gasteiger partial charge in [-0.2, -0.15) is 0 Å². The Labute approximate surface area is 120 Å². The molecule has 116 valence electrons. The van der Waals surface area contributed by atoms with Crippen molar-refractivity contribution < 1.29 is 33.5 Å². The Morgan fingerprint density at radius 1 is 1.43 bits per heavy atom. The summed E-state index contributed by atoms with van der Waals surface area (Å²) in [6, 6.07) is 0.122. The second kappa shape index (κ2) is 8.00. The molecule has 1 atom stereocenters. The molecule has 0 radical (unpaired) electrons. The number of aliphatic carboxylic acids is 1. The molecule has 1 amide bonds. The lowest BCUT2D eigenvalue weighted by atomic mass is 10.1. The Morgan fingerprint density at radius 2 is 2.14 bits per heavy atom. The molecule has 9 nitrogen and oxygen atoms in total. The van der Waals surface area contributed by atoms with Gasteiger partial charge in [0.15, 0.2) is 11.5 Å². The molecular weight excluding hydrogens is 284 g/mol. The summed E-state index contributed by atoms with van der Waals surface area (Å²) >= 11 is 0. The van der Waals surface area contributed by atoms with Crippen LogP contribution in [0.1, 0.15) is 29.1 Å². The van der Waals surface area contributed by atoms with Crippen molar-refractivity contribution in [3.8, 4) is 0 Å². The van der Waals surface area contributed by atoms with E-state index in [1.807, 2.05) is 0 Å². The molecule has 0 aliphatic heterocycles. The number of methoxy groups -OCH3 is 2. The molecule has 0 saturated carbocycles. The van der Waals surface area contributed by atoms with Crippen molar-refractivity contribution in [1.82, 2.24) is 10.5 Å². The van der Waals surface area contributed by atoms with Crippen LogP contribution in [-0.2, 0) is 25.7 Å². The van der Waals surface area contributed by atoms with Crippen molar-refractivity contribution in [2.45, 2.75) is 25.5 Å². The zero-order valence-electron chi connectivity index (χ0n) is 11.6. The highest BCUT2D eigenvalue weighted by atomic mass is 16.5. The van der Waals surface area contributed by atoms with Crippen LogP contribution in [-0.4, -0.2) is 48.4 Å². The topological polar surface area (TPSA) is 128 Å². The SMILES string of the molecule is COCc1cc(C(=O)NC(CCC(=O)OC)C(=O)O)no1. The molecule has 0 aliphatic carbocycles. The number of carbonyl (C=O) groups excluding carboxylic acids is 2. The number of hydrogen-bond acceptors (Lipinski definition) is 7. The first-order valence-corrected chi connectivity index (χ1v) is 6.03. The highest BCUT2D eigenvalue weighted by Crippen LogP contribution is 2.06. The molecular formula is C12H16N2O7. The third kappa shape index (κ3) is 5.22. The summed E-state index contributed by atoms with van der Waals surface area (Å²) in [5, 5.41) is 14.8. The number of aromatic nitrogens is 1. The predicted octanol–water partition coefficient (Wildman–Crippen LogP) is -0.0428. The third-order valence-corrected chi connectivity index (χ3v) is 2.55. The monoisotopic (exact) mass is 300 g/mol. The molecule has 1 rings (SSSR count). The summed E-state index contributed by atoms with van der Waals surface area (Å²) in [5.74, 6) is -2.19. The molecule has 1 aromatic heterocycles. The smallest absolute Gasteiger partial charge is 0.326 e. The lowest BCUT2D eigenvalue weighted by molar-refractivity contribution is -0.142. The van der Waals surface area contributed by atoms with E-state index in [1.54, 1.807) is 0 Å². The molecule has 0 saturated heterocycles. The lowest BCUT2D eigenvalue weighted by Gasteiger charge is -2.12. The zero-order valence-corrected chi connectivity index (χ0v) is 11.6. The van der Waals surface area contributed by atoms with Gasteiger partial charge >= 0.3 is 11.9 Å². The Kier molecular flexibility index (Phi) is 6.34. The maximum absolute atomic E-state index is 11.8. The average molecular weight is 300 g/mol. The molecule has 21 heavy (non-hydrogen) atoms. The van der Waals surface area contributed by atoms with Crippen LogP contribution in [0.2, 0.25) is 0 Å². The van der Waals surface area contributed by atoms with E-state index in [1.165, 1.54) is 20.3 Å². The fourth-order valence-corrected chi connectivity index (χ4v) is 1.48. The van der Waals surface area contributed by atoms with Gasteiger partial charge in [-0.05, 0) is 6.42 Å². The van der Waals surface area contributed by atoms with Gasteiger partial charge in [-0.1, -0.05) is 5.16 Å². The number of nitrogens with zero attached hydrogens (tertiary/aromatic N) is 1. The van der Waals surface area contributed by atoms with Gasteiger partial charge in [-0.25, -0.2) is 4.79 Å². The van der Waals surface area contributed by atoms with E-state index < -0.39 is 23.9 Å². The van der Waals surface area contributed by atoms with Crippen LogP contribution in [0, 0.1) is 0 Å². The molecule has 9 heteroatoms. The van der Waals surface area contributed by atoms with Gasteiger partial charge in [0.05, 0.1) is 7.11 Å². The minimum Gasteiger partial charge on any atom is -0.480 e. The van der Waals surface area contributed by atoms with Crippen LogP contribution in [0.3, 0.4) is 0 Å². The Hall–Kier alpha value is -2.42. The van der Waals surface area contributed by atoms with Crippen LogP contribution >= 0.6 is 0 Å². The van der Waals surface area contributed by atoms with E-state index in [-0.39, 0.29) is 25.1 Å². The fraction of sp³-hybridized carbons (Fsp3) is 0.500. The summed E-state index contributed by atoms with van der Waals surface area (Å²) in [6.07, 6.45) is -0.210. The summed E-state index contributed by atoms with van der Waals surface area (Å²) < 4.78 is 14.0. The number of esters is 1. The molecule has 0 aliphatic rings. The number of hydrogen-bond donors (Lipinski definition) is 2. The second-order valence-corrected chi connectivity index (χ2v) is 4.09. The van der Waals surface area contributed by atoms with E-state index in [4.69, 9.17) is 14.4 Å². The van der Waals surface area contributed by atoms with E-state index in [0.717, 1.165) is 0 Å². The van der Waals surface area contributed by atoms with Crippen LogP contribution in [0.4, 0.5) is 0 Å². The number of carboxylic acids is 1. The molecule has 1 unspecified atom stereocenters. The largest absolute Gasteiger partial charge is 0.480 e. The fourth-order valence-electron chi connectivity index (χ4n) is 1.48. The summed E-state index contributed by atoms with van der Waals surface area (Å²) in [5.41, 5.74) is -0.0635. The predicted molar refractivity (Wildman–Crippen MR) is 67.4 cm³/mol. The standard InChI is InChI=1S/C12H16N2O7/c1-19-6-7-5-9(14-21-7)11(16)13-8(12(17)18)3-4-10(15)20-2/h5,8H,3-4,6H2,1-2H3,(H,13,16)(H,17,18). The molecule has 0 spiro atoms. The van der Waals surface area contributed by atoms with Crippen LogP contribution in [0.15, 0.2) is 10.6 Å². The third-order valence-electron chi connectivity index (χ3n) is 2.55. The number of rotatable bonds is 8. The molecule has 0 fully saturated rings. The average Bonchev–Trinajstić information content (AvgIpc) is 2.91. The number of ether oxygens (including phenoxy) is 2. The van der Waals surface area contributed by atoms with Crippen molar-refractivity contribution in [3.05, 3.63) is 17.5 Å². The van der Waals surface area contributed by atoms with Crippen LogP contribution in [0.5, 0.6) is 0 Å². The van der Waals surface area contributed by atoms with Gasteiger partial charge in [-0.3, -0.25) is 9.59 Å².